The molecule has 3 fully saturated rings. The van der Waals surface area contributed by atoms with Crippen molar-refractivity contribution in [3.63, 3.8) is 0 Å². The molecule has 76 heavy (non-hydrogen) atoms. The number of hydrogen-bond acceptors (Lipinski definition) is 17. The number of aliphatic hydroxyl groups excluding tert-OH is 3. The molecular weight excluding hydrogens is 1050 g/mol. The highest BCUT2D eigenvalue weighted by Crippen LogP contribution is 2.22. The number of aliphatic hydroxyl groups is 3. The number of hydrogen-bond donors (Lipinski definition) is 6. The molecule has 6 atom stereocenters. The molecule has 3 aliphatic heterocycles. The molecular formula is C55H85B2BrN8O9S. The normalized spacial score (nSPS) is 20.5. The lowest BCUT2D eigenvalue weighted by molar-refractivity contribution is -0.00603. The molecule has 3 aliphatic rings. The number of rotatable bonds is 12. The van der Waals surface area contributed by atoms with Crippen molar-refractivity contribution < 1.29 is 43.3 Å². The number of aromatic nitrogens is 5. The van der Waals surface area contributed by atoms with Crippen LogP contribution >= 0.6 is 15.9 Å². The van der Waals surface area contributed by atoms with E-state index in [-0.39, 0.29) is 39.2 Å². The van der Waals surface area contributed by atoms with Crippen LogP contribution in [0.2, 0.25) is 13.6 Å². The van der Waals surface area contributed by atoms with Crippen LogP contribution in [0.1, 0.15) is 110 Å². The van der Waals surface area contributed by atoms with Crippen molar-refractivity contribution in [1.82, 2.24) is 39.9 Å². The maximum Gasteiger partial charge on any atom is 0.376 e. The van der Waals surface area contributed by atoms with Gasteiger partial charge < -0.3 is 49.8 Å². The molecule has 5 aromatic heterocycles. The Morgan fingerprint density at radius 3 is 1.42 bits per heavy atom. The van der Waals surface area contributed by atoms with Gasteiger partial charge in [0.2, 0.25) is 0 Å². The van der Waals surface area contributed by atoms with E-state index in [4.69, 9.17) is 19.7 Å². The Labute approximate surface area is 462 Å². The number of aryl methyl sites for hydroxylation is 4. The van der Waals surface area contributed by atoms with Gasteiger partial charge in [-0.05, 0) is 211 Å². The first-order valence-corrected chi connectivity index (χ1v) is 29.1. The van der Waals surface area contributed by atoms with Crippen molar-refractivity contribution in [1.29, 1.82) is 0 Å². The van der Waals surface area contributed by atoms with Crippen LogP contribution in [0.25, 0.3) is 0 Å². The molecule has 0 amide bonds. The SMILES string of the molecule is CB(O)N1CCC(O)CC1C.CB(O)N1CCC(OCc2ccnc(C)c2)CC1C.Cc1cc(CO)ccn1.Cc1cc(COC2CCNC(C)C2)ccn1.Cc1cc(CS(C)(=O)=O)ccn1.OCc1ccnc(Br)c1. The van der Waals surface area contributed by atoms with E-state index in [1.54, 1.807) is 55.7 Å². The molecule has 0 aliphatic carbocycles. The van der Waals surface area contributed by atoms with Crippen molar-refractivity contribution in [2.45, 2.75) is 169 Å². The Balaban J connectivity index is 0.000000246. The summed E-state index contributed by atoms with van der Waals surface area (Å²) in [4.78, 5) is 24.3. The quantitative estimate of drug-likeness (QED) is 0.0544. The third-order valence-electron chi connectivity index (χ3n) is 12.7. The van der Waals surface area contributed by atoms with Gasteiger partial charge in [-0.15, -0.1) is 0 Å². The maximum atomic E-state index is 10.9. The lowest BCUT2D eigenvalue weighted by Gasteiger charge is -2.38. The monoisotopic (exact) mass is 1130 g/mol. The van der Waals surface area contributed by atoms with E-state index >= 15 is 0 Å². The molecule has 0 aromatic carbocycles. The highest BCUT2D eigenvalue weighted by molar-refractivity contribution is 9.10. The van der Waals surface area contributed by atoms with E-state index in [2.05, 4.69) is 77.0 Å². The lowest BCUT2D eigenvalue weighted by atomic mass is 9.80. The zero-order valence-electron chi connectivity index (χ0n) is 46.5. The van der Waals surface area contributed by atoms with Gasteiger partial charge in [0.15, 0.2) is 9.84 Å². The Bertz CT molecular complexity index is 2480. The second-order valence-corrected chi connectivity index (χ2v) is 22.9. The molecule has 8 rings (SSSR count). The van der Waals surface area contributed by atoms with E-state index in [1.165, 1.54) is 17.4 Å². The summed E-state index contributed by atoms with van der Waals surface area (Å²) >= 11 is 3.18. The van der Waals surface area contributed by atoms with Gasteiger partial charge in [0, 0.05) is 78.1 Å². The number of halogens is 1. The number of sulfone groups is 1. The molecule has 0 bridgehead atoms. The van der Waals surface area contributed by atoms with Crippen LogP contribution in [0, 0.1) is 27.7 Å². The summed E-state index contributed by atoms with van der Waals surface area (Å²) in [5.41, 5.74) is 8.86. The molecule has 6 N–H and O–H groups in total. The van der Waals surface area contributed by atoms with Gasteiger partial charge in [-0.1, -0.05) is 13.8 Å². The van der Waals surface area contributed by atoms with Gasteiger partial charge >= 0.3 is 14.1 Å². The van der Waals surface area contributed by atoms with E-state index in [9.17, 15) is 23.6 Å². The third-order valence-corrected chi connectivity index (χ3v) is 14.0. The number of ether oxygens (including phenoxy) is 2. The molecule has 5 aromatic rings. The summed E-state index contributed by atoms with van der Waals surface area (Å²) in [6.45, 7) is 22.1. The Morgan fingerprint density at radius 2 is 1.03 bits per heavy atom. The summed E-state index contributed by atoms with van der Waals surface area (Å²) in [6, 6.07) is 20.1. The van der Waals surface area contributed by atoms with Gasteiger partial charge in [0.25, 0.3) is 0 Å². The number of pyridine rings is 5. The summed E-state index contributed by atoms with van der Waals surface area (Å²) in [5.74, 6) is 0.0936. The van der Waals surface area contributed by atoms with Gasteiger partial charge in [-0.3, -0.25) is 19.9 Å². The first-order valence-electron chi connectivity index (χ1n) is 26.2. The van der Waals surface area contributed by atoms with Crippen molar-refractivity contribution in [2.75, 3.05) is 25.9 Å². The summed E-state index contributed by atoms with van der Waals surface area (Å²) in [7, 11) is -3.66. The van der Waals surface area contributed by atoms with E-state index in [1.807, 2.05) is 76.8 Å². The predicted octanol–water partition coefficient (Wildman–Crippen LogP) is 7.01. The molecule has 0 radical (unpaired) electrons. The number of nitrogens with zero attached hydrogens (tertiary/aromatic N) is 7. The molecule has 8 heterocycles. The Hall–Kier alpha value is -4.09. The fraction of sp³-hybridized carbons (Fsp3) is 0.545. The molecule has 0 spiro atoms. The van der Waals surface area contributed by atoms with Gasteiger partial charge in [0.1, 0.15) is 4.60 Å². The predicted molar refractivity (Wildman–Crippen MR) is 307 cm³/mol. The van der Waals surface area contributed by atoms with E-state index < -0.39 is 9.84 Å². The van der Waals surface area contributed by atoms with Crippen molar-refractivity contribution in [2.24, 2.45) is 0 Å². The minimum Gasteiger partial charge on any atom is -0.437 e. The molecule has 418 valence electrons. The lowest BCUT2D eigenvalue weighted by Crippen LogP contribution is -2.50. The molecule has 0 saturated carbocycles. The number of nitrogens with one attached hydrogen (secondary N) is 1. The van der Waals surface area contributed by atoms with Crippen molar-refractivity contribution in [3.05, 3.63) is 147 Å². The van der Waals surface area contributed by atoms with Crippen LogP contribution in [0.15, 0.2) is 96.3 Å². The smallest absolute Gasteiger partial charge is 0.376 e. The topological polar surface area (TPSA) is 237 Å². The zero-order valence-corrected chi connectivity index (χ0v) is 48.9. The maximum absolute atomic E-state index is 10.9. The van der Waals surface area contributed by atoms with Crippen LogP contribution in [0.3, 0.4) is 0 Å². The van der Waals surface area contributed by atoms with Crippen LogP contribution < -0.4 is 5.32 Å². The van der Waals surface area contributed by atoms with Crippen LogP contribution in [-0.2, 0) is 51.5 Å². The number of piperidine rings is 3. The summed E-state index contributed by atoms with van der Waals surface area (Å²) in [5, 5.41) is 48.9. The first-order chi connectivity index (χ1) is 36.0. The van der Waals surface area contributed by atoms with Crippen LogP contribution in [-0.4, -0.2) is 145 Å². The van der Waals surface area contributed by atoms with E-state index in [0.29, 0.717) is 43.5 Å². The van der Waals surface area contributed by atoms with Gasteiger partial charge in [-0.2, -0.15) is 0 Å². The third kappa shape index (κ3) is 28.0. The fourth-order valence-electron chi connectivity index (χ4n) is 8.87. The fourth-order valence-corrected chi connectivity index (χ4v) is 10.1. The zero-order chi connectivity index (χ0) is 56.2. The minimum atomic E-state index is -2.92. The molecule has 17 nitrogen and oxygen atoms in total. The van der Waals surface area contributed by atoms with Crippen molar-refractivity contribution >= 4 is 39.9 Å². The minimum absolute atomic E-state index is 0.0706. The average Bonchev–Trinajstić information content (AvgIpc) is 3.35. The molecule has 21 heteroatoms. The summed E-state index contributed by atoms with van der Waals surface area (Å²) < 4.78 is 34.5. The Kier molecular flexibility index (Phi) is 30.9. The Morgan fingerprint density at radius 1 is 0.618 bits per heavy atom. The standard InChI is InChI=1S/C14H23BN2O2.C13H20N2O.C8H11NO2S.C7H16BNO2.C7H9NO.C6H6BrNO/c1-11-8-13(4-6-16-11)10-19-14-5-7-17(15(3)18)12(2)9-14;1-10-7-12(3-5-14-10)9-16-13-4-6-15-11(2)8-13;1-7-5-8(3-4-9-7)6-12(2,10)11;1-6-5-7(10)3-4-9(6)8(2)11;1-6-4-7(5-9)2-3-8-6;7-6-3-5(4-9)1-2-8-6/h4,6,8,12,14,18H,5,7,9-10H2,1-3H3;3,5,7,11,13,15H,4,6,8-9H2,1-2H3;3-5H,6H2,1-2H3;6-7,10-11H,3-5H2,1-2H3;2-4,9H,5H2,1H3;1-3,9H,4H2. The van der Waals surface area contributed by atoms with Crippen LogP contribution in [0.5, 0.6) is 0 Å². The first kappa shape index (κ1) is 66.2. The second kappa shape index (κ2) is 35.4. The van der Waals surface area contributed by atoms with Gasteiger partial charge in [-0.25, -0.2) is 13.4 Å². The average molecular weight is 1140 g/mol. The molecule has 3 saturated heterocycles. The highest BCUT2D eigenvalue weighted by Gasteiger charge is 2.30. The van der Waals surface area contributed by atoms with E-state index in [0.717, 1.165) is 102 Å². The summed E-state index contributed by atoms with van der Waals surface area (Å²) in [6.07, 6.45) is 16.2. The van der Waals surface area contributed by atoms with Gasteiger partial charge in [0.05, 0.1) is 50.5 Å². The highest BCUT2D eigenvalue weighted by atomic mass is 79.9. The van der Waals surface area contributed by atoms with Crippen LogP contribution in [0.4, 0.5) is 0 Å². The van der Waals surface area contributed by atoms with Crippen molar-refractivity contribution in [3.8, 4) is 0 Å². The molecule has 6 unspecified atom stereocenters. The second-order valence-electron chi connectivity index (χ2n) is 20.0. The largest absolute Gasteiger partial charge is 0.437 e.